The number of aromatic nitrogens is 1. The van der Waals surface area contributed by atoms with Crippen molar-refractivity contribution >= 4 is 11.3 Å². The molecule has 0 radical (unpaired) electrons. The van der Waals surface area contributed by atoms with Crippen molar-refractivity contribution in [2.24, 2.45) is 0 Å². The van der Waals surface area contributed by atoms with Gasteiger partial charge in [-0.05, 0) is 6.92 Å². The van der Waals surface area contributed by atoms with Crippen LogP contribution in [-0.2, 0) is 4.74 Å². The minimum atomic E-state index is -0.517. The van der Waals surface area contributed by atoms with Crippen molar-refractivity contribution < 1.29 is 9.84 Å². The third-order valence-electron chi connectivity index (χ3n) is 1.80. The topological polar surface area (TPSA) is 54.4 Å². The fraction of sp³-hybridized carbons (Fsp3) is 0.667. The summed E-state index contributed by atoms with van der Waals surface area (Å²) in [4.78, 5) is 4.21. The number of rotatable bonds is 6. The van der Waals surface area contributed by atoms with Crippen LogP contribution in [-0.4, -0.2) is 36.9 Å². The average Bonchev–Trinajstić information content (AvgIpc) is 2.59. The van der Waals surface area contributed by atoms with Crippen molar-refractivity contribution in [3.05, 3.63) is 16.1 Å². The van der Waals surface area contributed by atoms with Crippen molar-refractivity contribution in [3.8, 4) is 0 Å². The first-order valence-corrected chi connectivity index (χ1v) is 5.41. The van der Waals surface area contributed by atoms with Gasteiger partial charge < -0.3 is 15.2 Å². The molecule has 0 bridgehead atoms. The van der Waals surface area contributed by atoms with E-state index in [2.05, 4.69) is 10.3 Å². The smallest absolute Gasteiger partial charge is 0.109 e. The molecule has 1 heterocycles. The molecule has 1 aromatic rings. The molecule has 4 nitrogen and oxygen atoms in total. The number of nitrogens with one attached hydrogen (secondary N) is 1. The molecule has 0 aliphatic heterocycles. The summed E-state index contributed by atoms with van der Waals surface area (Å²) in [6.07, 6.45) is -0.517. The SMILES string of the molecule is COCCNCC(O)c1csc(C)n1. The van der Waals surface area contributed by atoms with Gasteiger partial charge in [0, 0.05) is 25.6 Å². The van der Waals surface area contributed by atoms with Gasteiger partial charge in [0.05, 0.1) is 17.3 Å². The molecule has 0 fully saturated rings. The standard InChI is InChI=1S/C9H16N2O2S/c1-7-11-8(6-14-7)9(12)5-10-3-4-13-2/h6,9-10,12H,3-5H2,1-2H3. The zero-order chi connectivity index (χ0) is 10.4. The summed E-state index contributed by atoms with van der Waals surface area (Å²) < 4.78 is 4.88. The molecule has 1 atom stereocenters. The molecule has 0 aliphatic rings. The van der Waals surface area contributed by atoms with Gasteiger partial charge >= 0.3 is 0 Å². The predicted octanol–water partition coefficient (Wildman–Crippen LogP) is 0.721. The Morgan fingerprint density at radius 3 is 3.07 bits per heavy atom. The molecule has 0 spiro atoms. The Hall–Kier alpha value is -0.490. The third-order valence-corrected chi connectivity index (χ3v) is 2.59. The van der Waals surface area contributed by atoms with Crippen LogP contribution in [0.4, 0.5) is 0 Å². The number of aliphatic hydroxyl groups excluding tert-OH is 1. The van der Waals surface area contributed by atoms with Crippen molar-refractivity contribution in [1.29, 1.82) is 0 Å². The molecule has 80 valence electrons. The molecule has 5 heteroatoms. The monoisotopic (exact) mass is 216 g/mol. The molecule has 1 rings (SSSR count). The van der Waals surface area contributed by atoms with E-state index in [1.54, 1.807) is 18.4 Å². The van der Waals surface area contributed by atoms with Gasteiger partial charge in [-0.3, -0.25) is 0 Å². The second kappa shape index (κ2) is 6.08. The van der Waals surface area contributed by atoms with Crippen LogP contribution in [0.3, 0.4) is 0 Å². The van der Waals surface area contributed by atoms with Crippen LogP contribution >= 0.6 is 11.3 Å². The number of hydrogen-bond acceptors (Lipinski definition) is 5. The number of methoxy groups -OCH3 is 1. The summed E-state index contributed by atoms with van der Waals surface area (Å²) in [5, 5.41) is 15.6. The Balaban J connectivity index is 2.25. The minimum Gasteiger partial charge on any atom is -0.385 e. The van der Waals surface area contributed by atoms with E-state index in [-0.39, 0.29) is 0 Å². The molecule has 0 aromatic carbocycles. The second-order valence-corrected chi connectivity index (χ2v) is 4.07. The highest BCUT2D eigenvalue weighted by molar-refractivity contribution is 7.09. The third kappa shape index (κ3) is 3.71. The van der Waals surface area contributed by atoms with Gasteiger partial charge in [0.15, 0.2) is 0 Å². The maximum absolute atomic E-state index is 9.67. The Kier molecular flexibility index (Phi) is 5.03. The normalized spacial score (nSPS) is 13.1. The average molecular weight is 216 g/mol. The minimum absolute atomic E-state index is 0.517. The summed E-state index contributed by atoms with van der Waals surface area (Å²) in [5.41, 5.74) is 0.748. The molecular weight excluding hydrogens is 200 g/mol. The van der Waals surface area contributed by atoms with Gasteiger partial charge in [-0.15, -0.1) is 11.3 Å². The lowest BCUT2D eigenvalue weighted by Crippen LogP contribution is -2.25. The maximum Gasteiger partial charge on any atom is 0.109 e. The molecule has 0 amide bonds. The van der Waals surface area contributed by atoms with Crippen LogP contribution in [0.15, 0.2) is 5.38 Å². The fourth-order valence-electron chi connectivity index (χ4n) is 1.05. The molecule has 2 N–H and O–H groups in total. The van der Waals surface area contributed by atoms with E-state index >= 15 is 0 Å². The van der Waals surface area contributed by atoms with E-state index in [9.17, 15) is 5.11 Å². The van der Waals surface area contributed by atoms with Crippen LogP contribution in [0.2, 0.25) is 0 Å². The van der Waals surface area contributed by atoms with E-state index in [0.29, 0.717) is 13.2 Å². The number of aryl methyl sites for hydroxylation is 1. The van der Waals surface area contributed by atoms with Crippen molar-refractivity contribution in [2.75, 3.05) is 26.8 Å². The molecule has 1 unspecified atom stereocenters. The van der Waals surface area contributed by atoms with Crippen LogP contribution in [0.25, 0.3) is 0 Å². The second-order valence-electron chi connectivity index (χ2n) is 3.00. The summed E-state index contributed by atoms with van der Waals surface area (Å²) in [5.74, 6) is 0. The quantitative estimate of drug-likeness (QED) is 0.688. The zero-order valence-corrected chi connectivity index (χ0v) is 9.30. The Morgan fingerprint density at radius 2 is 2.50 bits per heavy atom. The van der Waals surface area contributed by atoms with Crippen LogP contribution in [0, 0.1) is 6.92 Å². The first kappa shape index (κ1) is 11.6. The van der Waals surface area contributed by atoms with Crippen molar-refractivity contribution in [1.82, 2.24) is 10.3 Å². The number of ether oxygens (including phenoxy) is 1. The van der Waals surface area contributed by atoms with E-state index in [4.69, 9.17) is 4.74 Å². The lowest BCUT2D eigenvalue weighted by atomic mass is 10.3. The largest absolute Gasteiger partial charge is 0.385 e. The lowest BCUT2D eigenvalue weighted by molar-refractivity contribution is 0.158. The predicted molar refractivity (Wildman–Crippen MR) is 56.6 cm³/mol. The van der Waals surface area contributed by atoms with Gasteiger partial charge in [-0.25, -0.2) is 4.98 Å². The van der Waals surface area contributed by atoms with Crippen LogP contribution in [0.1, 0.15) is 16.8 Å². The highest BCUT2D eigenvalue weighted by Crippen LogP contribution is 2.14. The Labute approximate surface area is 87.9 Å². The van der Waals surface area contributed by atoms with Gasteiger partial charge in [-0.2, -0.15) is 0 Å². The highest BCUT2D eigenvalue weighted by atomic mass is 32.1. The van der Waals surface area contributed by atoms with E-state index in [0.717, 1.165) is 17.2 Å². The first-order valence-electron chi connectivity index (χ1n) is 4.53. The van der Waals surface area contributed by atoms with Gasteiger partial charge in [0.2, 0.25) is 0 Å². The van der Waals surface area contributed by atoms with Gasteiger partial charge in [0.1, 0.15) is 6.10 Å². The van der Waals surface area contributed by atoms with Crippen molar-refractivity contribution in [2.45, 2.75) is 13.0 Å². The summed E-state index contributed by atoms with van der Waals surface area (Å²) in [6.45, 7) is 3.85. The molecule has 1 aromatic heterocycles. The fourth-order valence-corrected chi connectivity index (χ4v) is 1.71. The lowest BCUT2D eigenvalue weighted by Gasteiger charge is -2.08. The van der Waals surface area contributed by atoms with Crippen LogP contribution in [0.5, 0.6) is 0 Å². The molecule has 14 heavy (non-hydrogen) atoms. The summed E-state index contributed by atoms with van der Waals surface area (Å²) in [7, 11) is 1.65. The van der Waals surface area contributed by atoms with E-state index in [1.807, 2.05) is 12.3 Å². The molecular formula is C9H16N2O2S. The number of nitrogens with zero attached hydrogens (tertiary/aromatic N) is 1. The Bertz CT molecular complexity index is 265. The molecule has 0 aliphatic carbocycles. The van der Waals surface area contributed by atoms with Crippen molar-refractivity contribution in [3.63, 3.8) is 0 Å². The molecule has 0 saturated heterocycles. The number of aliphatic hydroxyl groups is 1. The first-order chi connectivity index (χ1) is 6.74. The summed E-state index contributed by atoms with van der Waals surface area (Å²) in [6, 6.07) is 0. The number of thiazole rings is 1. The van der Waals surface area contributed by atoms with E-state index in [1.165, 1.54) is 0 Å². The highest BCUT2D eigenvalue weighted by Gasteiger charge is 2.09. The summed E-state index contributed by atoms with van der Waals surface area (Å²) >= 11 is 1.55. The van der Waals surface area contributed by atoms with Crippen LogP contribution < -0.4 is 5.32 Å². The molecule has 0 saturated carbocycles. The zero-order valence-electron chi connectivity index (χ0n) is 8.49. The maximum atomic E-state index is 9.67. The number of hydrogen-bond donors (Lipinski definition) is 2. The van der Waals surface area contributed by atoms with E-state index < -0.39 is 6.10 Å². The van der Waals surface area contributed by atoms with Gasteiger partial charge in [-0.1, -0.05) is 0 Å². The Morgan fingerprint density at radius 1 is 1.71 bits per heavy atom. The van der Waals surface area contributed by atoms with Gasteiger partial charge in [0.25, 0.3) is 0 Å².